The molecule has 0 saturated carbocycles. The number of anilines is 2. The highest BCUT2D eigenvalue weighted by molar-refractivity contribution is 7.88. The first-order chi connectivity index (χ1) is 14.8. The maximum atomic E-state index is 12.0. The Morgan fingerprint density at radius 1 is 1.32 bits per heavy atom. The maximum Gasteiger partial charge on any atom is 0.224 e. The molecule has 166 valence electrons. The third-order valence-corrected chi connectivity index (χ3v) is 6.44. The van der Waals surface area contributed by atoms with Crippen molar-refractivity contribution in [2.45, 2.75) is 31.8 Å². The minimum absolute atomic E-state index is 0.0601. The SMILES string of the molecule is C[C@@H](CO)Nc1ncc(-c2cnc3[nH]ccc3n2)c(N[C@H]2CCCN(S(C)(=O)=O)C2)n1. The van der Waals surface area contributed by atoms with Crippen molar-refractivity contribution in [1.29, 1.82) is 0 Å². The molecule has 1 fully saturated rings. The Bertz CT molecular complexity index is 1170. The number of H-pyrrole nitrogens is 1. The monoisotopic (exact) mass is 446 g/mol. The van der Waals surface area contributed by atoms with Crippen molar-refractivity contribution in [1.82, 2.24) is 29.2 Å². The summed E-state index contributed by atoms with van der Waals surface area (Å²) < 4.78 is 25.5. The fourth-order valence-electron chi connectivity index (χ4n) is 3.53. The molecule has 3 aromatic heterocycles. The molecule has 11 nitrogen and oxygen atoms in total. The second-order valence-electron chi connectivity index (χ2n) is 7.76. The summed E-state index contributed by atoms with van der Waals surface area (Å²) in [5.74, 6) is 0.895. The summed E-state index contributed by atoms with van der Waals surface area (Å²) in [6.07, 6.45) is 7.87. The number of hydrogen-bond donors (Lipinski definition) is 4. The van der Waals surface area contributed by atoms with Crippen LogP contribution in [-0.4, -0.2) is 80.8 Å². The van der Waals surface area contributed by atoms with E-state index >= 15 is 0 Å². The summed E-state index contributed by atoms with van der Waals surface area (Å²) in [5, 5.41) is 15.8. The van der Waals surface area contributed by atoms with E-state index in [2.05, 4.69) is 35.6 Å². The van der Waals surface area contributed by atoms with E-state index in [1.807, 2.05) is 13.0 Å². The van der Waals surface area contributed by atoms with Gasteiger partial charge in [0.15, 0.2) is 5.65 Å². The van der Waals surface area contributed by atoms with Gasteiger partial charge >= 0.3 is 0 Å². The molecule has 1 saturated heterocycles. The Labute approximate surface area is 180 Å². The first-order valence-corrected chi connectivity index (χ1v) is 11.9. The van der Waals surface area contributed by atoms with Crippen molar-refractivity contribution in [3.05, 3.63) is 24.7 Å². The number of aliphatic hydroxyl groups is 1. The van der Waals surface area contributed by atoms with Crippen LogP contribution in [0.25, 0.3) is 22.4 Å². The molecule has 4 rings (SSSR count). The van der Waals surface area contributed by atoms with Crippen molar-refractivity contribution in [2.75, 3.05) is 36.6 Å². The largest absolute Gasteiger partial charge is 0.394 e. The lowest BCUT2D eigenvalue weighted by Crippen LogP contribution is -2.44. The Hall–Kier alpha value is -2.83. The van der Waals surface area contributed by atoms with Crippen LogP contribution in [-0.2, 0) is 10.0 Å². The fraction of sp³-hybridized carbons (Fsp3) is 0.474. The van der Waals surface area contributed by atoms with Crippen LogP contribution in [0.2, 0.25) is 0 Å². The van der Waals surface area contributed by atoms with E-state index in [9.17, 15) is 13.5 Å². The lowest BCUT2D eigenvalue weighted by Gasteiger charge is -2.32. The zero-order valence-electron chi connectivity index (χ0n) is 17.4. The topological polar surface area (TPSA) is 149 Å². The molecule has 12 heteroatoms. The third-order valence-electron chi connectivity index (χ3n) is 5.17. The number of fused-ring (bicyclic) bond motifs is 1. The molecular weight excluding hydrogens is 420 g/mol. The van der Waals surface area contributed by atoms with Gasteiger partial charge in [-0.05, 0) is 25.8 Å². The second-order valence-corrected chi connectivity index (χ2v) is 9.74. The molecule has 0 bridgehead atoms. The van der Waals surface area contributed by atoms with Crippen LogP contribution in [0.15, 0.2) is 24.7 Å². The summed E-state index contributed by atoms with van der Waals surface area (Å²) in [7, 11) is -3.26. The number of nitrogens with zero attached hydrogens (tertiary/aromatic N) is 5. The number of nitrogens with one attached hydrogen (secondary N) is 3. The van der Waals surface area contributed by atoms with Gasteiger partial charge in [-0.15, -0.1) is 0 Å². The zero-order valence-corrected chi connectivity index (χ0v) is 18.2. The number of hydrogen-bond acceptors (Lipinski definition) is 9. The quantitative estimate of drug-likeness (QED) is 0.417. The number of piperidine rings is 1. The maximum absolute atomic E-state index is 12.0. The van der Waals surface area contributed by atoms with Gasteiger partial charge in [0, 0.05) is 37.6 Å². The molecule has 1 aliphatic rings. The predicted octanol–water partition coefficient (Wildman–Crippen LogP) is 1.04. The van der Waals surface area contributed by atoms with Gasteiger partial charge in [0.05, 0.1) is 30.3 Å². The highest BCUT2D eigenvalue weighted by atomic mass is 32.2. The molecule has 0 spiro atoms. The van der Waals surface area contributed by atoms with Crippen LogP contribution < -0.4 is 10.6 Å². The molecule has 0 amide bonds. The Morgan fingerprint density at radius 3 is 2.94 bits per heavy atom. The van der Waals surface area contributed by atoms with Crippen LogP contribution in [0, 0.1) is 0 Å². The van der Waals surface area contributed by atoms with Crippen LogP contribution in [0.3, 0.4) is 0 Å². The van der Waals surface area contributed by atoms with Gasteiger partial charge in [0.25, 0.3) is 0 Å². The van der Waals surface area contributed by atoms with Gasteiger partial charge in [0.2, 0.25) is 16.0 Å². The molecule has 3 aromatic rings. The first-order valence-electron chi connectivity index (χ1n) is 10.1. The first kappa shape index (κ1) is 21.4. The summed E-state index contributed by atoms with van der Waals surface area (Å²) in [6.45, 7) is 2.64. The number of aromatic nitrogens is 5. The number of rotatable bonds is 7. The van der Waals surface area contributed by atoms with E-state index in [1.54, 1.807) is 18.6 Å². The average molecular weight is 447 g/mol. The molecule has 2 atom stereocenters. The van der Waals surface area contributed by atoms with Crippen molar-refractivity contribution in [3.8, 4) is 11.3 Å². The lowest BCUT2D eigenvalue weighted by molar-refractivity contribution is 0.281. The second kappa shape index (κ2) is 8.73. The van der Waals surface area contributed by atoms with E-state index in [1.165, 1.54) is 10.6 Å². The van der Waals surface area contributed by atoms with Gasteiger partial charge in [-0.2, -0.15) is 4.98 Å². The van der Waals surface area contributed by atoms with Gasteiger partial charge < -0.3 is 20.7 Å². The third kappa shape index (κ3) is 4.92. The molecular formula is C19H26N8O3S. The lowest BCUT2D eigenvalue weighted by atomic mass is 10.1. The predicted molar refractivity (Wildman–Crippen MR) is 118 cm³/mol. The van der Waals surface area contributed by atoms with Crippen molar-refractivity contribution >= 4 is 33.0 Å². The van der Waals surface area contributed by atoms with Gasteiger partial charge in [-0.25, -0.2) is 27.7 Å². The molecule has 0 unspecified atom stereocenters. The van der Waals surface area contributed by atoms with Crippen LogP contribution in [0.1, 0.15) is 19.8 Å². The number of sulfonamides is 1. The van der Waals surface area contributed by atoms with E-state index in [4.69, 9.17) is 0 Å². The van der Waals surface area contributed by atoms with Crippen molar-refractivity contribution in [3.63, 3.8) is 0 Å². The van der Waals surface area contributed by atoms with E-state index in [0.717, 1.165) is 18.4 Å². The molecule has 4 N–H and O–H groups in total. The molecule has 31 heavy (non-hydrogen) atoms. The Balaban J connectivity index is 1.67. The Morgan fingerprint density at radius 2 is 2.16 bits per heavy atom. The number of aliphatic hydroxyl groups excluding tert-OH is 1. The molecule has 0 radical (unpaired) electrons. The fourth-order valence-corrected chi connectivity index (χ4v) is 4.44. The highest BCUT2D eigenvalue weighted by Gasteiger charge is 2.27. The Kier molecular flexibility index (Phi) is 6.03. The van der Waals surface area contributed by atoms with E-state index < -0.39 is 10.0 Å². The summed E-state index contributed by atoms with van der Waals surface area (Å²) in [6, 6.07) is 1.51. The van der Waals surface area contributed by atoms with Gasteiger partial charge in [-0.3, -0.25) is 0 Å². The molecule has 0 aromatic carbocycles. The minimum Gasteiger partial charge on any atom is -0.394 e. The van der Waals surface area contributed by atoms with Crippen molar-refractivity contribution in [2.24, 2.45) is 0 Å². The highest BCUT2D eigenvalue weighted by Crippen LogP contribution is 2.28. The zero-order chi connectivity index (χ0) is 22.0. The molecule has 1 aliphatic heterocycles. The van der Waals surface area contributed by atoms with E-state index in [-0.39, 0.29) is 18.7 Å². The number of aromatic amines is 1. The summed E-state index contributed by atoms with van der Waals surface area (Å²) in [5.41, 5.74) is 2.67. The summed E-state index contributed by atoms with van der Waals surface area (Å²) in [4.78, 5) is 21.0. The average Bonchev–Trinajstić information content (AvgIpc) is 3.21. The van der Waals surface area contributed by atoms with E-state index in [0.29, 0.717) is 41.8 Å². The van der Waals surface area contributed by atoms with Crippen LogP contribution in [0.4, 0.5) is 11.8 Å². The standard InChI is InChI=1S/C19H26N8O3S/c1-12(11-28)23-19-22-8-14(16-9-21-18-15(25-16)5-6-20-18)17(26-19)24-13-4-3-7-27(10-13)31(2,29)30/h5-6,8-9,12-13,28H,3-4,7,10-11H2,1-2H3,(H,20,21)(H2,22,23,24,26)/t12-,13-/m0/s1. The van der Waals surface area contributed by atoms with Gasteiger partial charge in [0.1, 0.15) is 11.3 Å². The van der Waals surface area contributed by atoms with Crippen molar-refractivity contribution < 1.29 is 13.5 Å². The smallest absolute Gasteiger partial charge is 0.224 e. The summed E-state index contributed by atoms with van der Waals surface area (Å²) >= 11 is 0. The molecule has 0 aliphatic carbocycles. The minimum atomic E-state index is -3.26. The molecule has 4 heterocycles. The van der Waals surface area contributed by atoms with Crippen LogP contribution in [0.5, 0.6) is 0 Å². The van der Waals surface area contributed by atoms with Crippen LogP contribution >= 0.6 is 0 Å². The normalized spacial score (nSPS) is 18.7. The van der Waals surface area contributed by atoms with Gasteiger partial charge in [-0.1, -0.05) is 0 Å².